The van der Waals surface area contributed by atoms with Gasteiger partial charge in [-0.2, -0.15) is 5.10 Å². The Bertz CT molecular complexity index is 703. The Kier molecular flexibility index (Phi) is 4.97. The zero-order chi connectivity index (χ0) is 19.0. The van der Waals surface area contributed by atoms with Crippen LogP contribution < -0.4 is 5.32 Å². The van der Waals surface area contributed by atoms with Gasteiger partial charge in [0.05, 0.1) is 11.9 Å². The number of anilines is 1. The average molecular weight is 345 g/mol. The lowest BCUT2D eigenvalue weighted by Crippen LogP contribution is -2.31. The van der Waals surface area contributed by atoms with Crippen molar-refractivity contribution in [3.63, 3.8) is 0 Å². The summed E-state index contributed by atoms with van der Waals surface area (Å²) >= 11 is 0. The van der Waals surface area contributed by atoms with Gasteiger partial charge in [-0.3, -0.25) is 4.68 Å². The van der Waals surface area contributed by atoms with Crippen LogP contribution in [0.5, 0.6) is 0 Å². The van der Waals surface area contributed by atoms with Crippen molar-refractivity contribution in [2.75, 3.05) is 11.9 Å². The maximum atomic E-state index is 10.8. The van der Waals surface area contributed by atoms with Gasteiger partial charge in [-0.1, -0.05) is 41.5 Å². The normalized spacial score (nSPS) is 15.1. The Hall–Kier alpha value is -1.95. The van der Waals surface area contributed by atoms with Crippen LogP contribution in [0.1, 0.15) is 65.5 Å². The van der Waals surface area contributed by atoms with E-state index in [4.69, 9.17) is 4.98 Å². The molecule has 0 saturated carbocycles. The Morgan fingerprint density at radius 1 is 1.04 bits per heavy atom. The molecule has 0 aliphatic rings. The molecule has 2 N–H and O–H groups in total. The monoisotopic (exact) mass is 345 g/mol. The lowest BCUT2D eigenvalue weighted by molar-refractivity contribution is 0.0713. The Morgan fingerprint density at radius 2 is 1.68 bits per heavy atom. The third kappa shape index (κ3) is 4.78. The third-order valence-corrected chi connectivity index (χ3v) is 4.11. The van der Waals surface area contributed by atoms with Gasteiger partial charge in [0.2, 0.25) is 0 Å². The first kappa shape index (κ1) is 19.4. The molecule has 2 heterocycles. The van der Waals surface area contributed by atoms with E-state index in [2.05, 4.69) is 56.9 Å². The van der Waals surface area contributed by atoms with Crippen LogP contribution in [0.4, 0.5) is 5.82 Å². The van der Waals surface area contributed by atoms with Crippen LogP contribution in [0.15, 0.2) is 18.5 Å². The van der Waals surface area contributed by atoms with Crippen LogP contribution in [0, 0.1) is 0 Å². The van der Waals surface area contributed by atoms with Crippen LogP contribution in [0.3, 0.4) is 0 Å². The molecule has 0 aliphatic carbocycles. The number of aliphatic hydroxyl groups is 1. The van der Waals surface area contributed by atoms with E-state index >= 15 is 0 Å². The first-order chi connectivity index (χ1) is 11.3. The molecule has 0 saturated heterocycles. The summed E-state index contributed by atoms with van der Waals surface area (Å²) in [7, 11) is 1.84. The number of nitrogens with one attached hydrogen (secondary N) is 1. The summed E-state index contributed by atoms with van der Waals surface area (Å²) in [5, 5.41) is 18.2. The second kappa shape index (κ2) is 6.41. The van der Waals surface area contributed by atoms with Gasteiger partial charge in [0.25, 0.3) is 0 Å². The molecule has 6 nitrogen and oxygen atoms in total. The highest BCUT2D eigenvalue weighted by Crippen LogP contribution is 2.27. The summed E-state index contributed by atoms with van der Waals surface area (Å²) in [6.07, 6.45) is 3.51. The molecule has 0 spiro atoms. The third-order valence-electron chi connectivity index (χ3n) is 4.11. The molecule has 138 valence electrons. The molecule has 2 rings (SSSR count). The van der Waals surface area contributed by atoms with E-state index in [1.165, 1.54) is 0 Å². The molecule has 0 aliphatic heterocycles. The number of rotatable bonds is 4. The van der Waals surface area contributed by atoms with E-state index in [1.54, 1.807) is 17.8 Å². The van der Waals surface area contributed by atoms with E-state index in [0.29, 0.717) is 6.54 Å². The first-order valence-electron chi connectivity index (χ1n) is 8.64. The second-order valence-corrected chi connectivity index (χ2v) is 8.99. The molecule has 0 aromatic carbocycles. The zero-order valence-electron chi connectivity index (χ0n) is 16.7. The summed E-state index contributed by atoms with van der Waals surface area (Å²) < 4.78 is 1.68. The quantitative estimate of drug-likeness (QED) is 0.890. The van der Waals surface area contributed by atoms with E-state index in [1.807, 2.05) is 19.3 Å². The highest BCUT2D eigenvalue weighted by atomic mass is 16.3. The minimum absolute atomic E-state index is 0.0781. The molecule has 2 aromatic heterocycles. The van der Waals surface area contributed by atoms with Gasteiger partial charge in [-0.05, 0) is 6.92 Å². The predicted molar refractivity (Wildman–Crippen MR) is 101 cm³/mol. The van der Waals surface area contributed by atoms with E-state index < -0.39 is 5.60 Å². The lowest BCUT2D eigenvalue weighted by atomic mass is 9.90. The fraction of sp³-hybridized carbons (Fsp3) is 0.632. The van der Waals surface area contributed by atoms with Crippen LogP contribution >= 0.6 is 0 Å². The molecule has 6 heteroatoms. The van der Waals surface area contributed by atoms with Crippen molar-refractivity contribution in [1.82, 2.24) is 19.7 Å². The van der Waals surface area contributed by atoms with Crippen molar-refractivity contribution >= 4 is 5.82 Å². The van der Waals surface area contributed by atoms with Gasteiger partial charge >= 0.3 is 0 Å². The van der Waals surface area contributed by atoms with Crippen LogP contribution in [0.25, 0.3) is 0 Å². The van der Waals surface area contributed by atoms with Crippen molar-refractivity contribution in [2.45, 2.75) is 64.9 Å². The van der Waals surface area contributed by atoms with Gasteiger partial charge in [0.1, 0.15) is 17.2 Å². The van der Waals surface area contributed by atoms with E-state index in [-0.39, 0.29) is 10.8 Å². The number of aryl methyl sites for hydroxylation is 1. The predicted octanol–water partition coefficient (Wildman–Crippen LogP) is 3.12. The van der Waals surface area contributed by atoms with Gasteiger partial charge < -0.3 is 10.4 Å². The number of aromatic nitrogens is 4. The summed E-state index contributed by atoms with van der Waals surface area (Å²) in [5.41, 5.74) is 0.484. The van der Waals surface area contributed by atoms with Crippen molar-refractivity contribution in [1.29, 1.82) is 0 Å². The zero-order valence-corrected chi connectivity index (χ0v) is 16.7. The topological polar surface area (TPSA) is 75.9 Å². The minimum atomic E-state index is -1.04. The Morgan fingerprint density at radius 3 is 2.16 bits per heavy atom. The van der Waals surface area contributed by atoms with Crippen LogP contribution in [-0.4, -0.2) is 31.4 Å². The number of hydrogen-bond donors (Lipinski definition) is 2. The van der Waals surface area contributed by atoms with Gasteiger partial charge in [-0.15, -0.1) is 0 Å². The minimum Gasteiger partial charge on any atom is -0.383 e. The van der Waals surface area contributed by atoms with Crippen LogP contribution in [0.2, 0.25) is 0 Å². The fourth-order valence-electron chi connectivity index (χ4n) is 2.32. The molecule has 1 atom stereocenters. The lowest BCUT2D eigenvalue weighted by Gasteiger charge is -2.26. The van der Waals surface area contributed by atoms with Crippen LogP contribution in [-0.2, 0) is 23.5 Å². The second-order valence-electron chi connectivity index (χ2n) is 8.99. The molecule has 25 heavy (non-hydrogen) atoms. The highest BCUT2D eigenvalue weighted by Gasteiger charge is 2.27. The average Bonchev–Trinajstić information content (AvgIpc) is 2.91. The summed E-state index contributed by atoms with van der Waals surface area (Å²) in [5.74, 6) is 1.53. The smallest absolute Gasteiger partial charge is 0.136 e. The molecule has 0 amide bonds. The molecule has 1 unspecified atom stereocenters. The maximum absolute atomic E-state index is 10.8. The van der Waals surface area contributed by atoms with Crippen molar-refractivity contribution in [3.8, 4) is 0 Å². The van der Waals surface area contributed by atoms with E-state index in [0.717, 1.165) is 22.9 Å². The maximum Gasteiger partial charge on any atom is 0.136 e. The van der Waals surface area contributed by atoms with E-state index in [9.17, 15) is 5.11 Å². The fourth-order valence-corrected chi connectivity index (χ4v) is 2.32. The summed E-state index contributed by atoms with van der Waals surface area (Å²) in [6.45, 7) is 14.8. The van der Waals surface area contributed by atoms with Gasteiger partial charge in [0.15, 0.2) is 0 Å². The number of nitrogens with zero attached hydrogens (tertiary/aromatic N) is 4. The van der Waals surface area contributed by atoms with Gasteiger partial charge in [-0.25, -0.2) is 9.97 Å². The van der Waals surface area contributed by atoms with Crippen molar-refractivity contribution in [2.24, 2.45) is 7.05 Å². The van der Waals surface area contributed by atoms with Crippen molar-refractivity contribution < 1.29 is 5.11 Å². The molecular weight excluding hydrogens is 314 g/mol. The molecule has 0 bridgehead atoms. The van der Waals surface area contributed by atoms with Crippen molar-refractivity contribution in [3.05, 3.63) is 35.5 Å². The van der Waals surface area contributed by atoms with Gasteiger partial charge in [0, 0.05) is 42.2 Å². The molecule has 2 aromatic rings. The molecule has 0 fully saturated rings. The highest BCUT2D eigenvalue weighted by molar-refractivity contribution is 5.40. The molecular formula is C19H31N5O. The summed E-state index contributed by atoms with van der Waals surface area (Å²) in [6, 6.07) is 1.97. The Labute approximate surface area is 150 Å². The first-order valence-corrected chi connectivity index (χ1v) is 8.64. The SMILES string of the molecule is Cn1cc(C(C)(O)CNc2cc(C(C)(C)C)nc(C(C)(C)C)n2)cn1. The largest absolute Gasteiger partial charge is 0.383 e. The molecule has 0 radical (unpaired) electrons. The standard InChI is InChI=1S/C19H31N5O/c1-17(2,3)14-9-15(23-16(22-14)18(4,5)6)20-12-19(7,25)13-10-21-24(8)11-13/h9-11,25H,12H2,1-8H3,(H,20,22,23). The Balaban J connectivity index is 2.29. The summed E-state index contributed by atoms with van der Waals surface area (Å²) in [4.78, 5) is 9.42. The number of hydrogen-bond acceptors (Lipinski definition) is 5.